The Morgan fingerprint density at radius 3 is 2.65 bits per heavy atom. The summed E-state index contributed by atoms with van der Waals surface area (Å²) in [6.07, 6.45) is -2.43. The molecular weight excluding hydrogens is 269 g/mol. The SMILES string of the molecule is CN(C)C1CCCN(c2cc(C(F)(F)F)cc(N)n2)C1. The number of rotatable bonds is 2. The second-order valence-corrected chi connectivity index (χ2v) is 5.34. The highest BCUT2D eigenvalue weighted by molar-refractivity contribution is 5.49. The van der Waals surface area contributed by atoms with Crippen LogP contribution in [0.3, 0.4) is 0 Å². The molecule has 0 saturated carbocycles. The summed E-state index contributed by atoms with van der Waals surface area (Å²) in [5.74, 6) is 0.214. The molecule has 1 aromatic rings. The predicted molar refractivity (Wildman–Crippen MR) is 72.6 cm³/mol. The van der Waals surface area contributed by atoms with Gasteiger partial charge < -0.3 is 15.5 Å². The fourth-order valence-corrected chi connectivity index (χ4v) is 2.45. The number of alkyl halides is 3. The van der Waals surface area contributed by atoms with E-state index in [0.29, 0.717) is 24.9 Å². The number of halogens is 3. The van der Waals surface area contributed by atoms with E-state index in [0.717, 1.165) is 25.0 Å². The molecule has 1 aliphatic heterocycles. The molecule has 0 amide bonds. The van der Waals surface area contributed by atoms with Crippen LogP contribution in [0.5, 0.6) is 0 Å². The van der Waals surface area contributed by atoms with E-state index in [1.807, 2.05) is 19.0 Å². The first-order valence-electron chi connectivity index (χ1n) is 6.53. The lowest BCUT2D eigenvalue weighted by Crippen LogP contribution is -2.45. The van der Waals surface area contributed by atoms with Crippen LogP contribution in [0.15, 0.2) is 12.1 Å². The summed E-state index contributed by atoms with van der Waals surface area (Å²) in [7, 11) is 3.95. The van der Waals surface area contributed by atoms with Gasteiger partial charge in [-0.15, -0.1) is 0 Å². The van der Waals surface area contributed by atoms with Gasteiger partial charge in [0.15, 0.2) is 0 Å². The van der Waals surface area contributed by atoms with Crippen LogP contribution in [-0.2, 0) is 6.18 Å². The average Bonchev–Trinajstić information content (AvgIpc) is 2.37. The summed E-state index contributed by atoms with van der Waals surface area (Å²) in [5, 5.41) is 0. The number of nitrogen functional groups attached to an aromatic ring is 1. The third kappa shape index (κ3) is 3.33. The van der Waals surface area contributed by atoms with Gasteiger partial charge in [-0.2, -0.15) is 13.2 Å². The molecule has 20 heavy (non-hydrogen) atoms. The highest BCUT2D eigenvalue weighted by Gasteiger charge is 2.32. The molecule has 0 radical (unpaired) electrons. The molecule has 2 heterocycles. The van der Waals surface area contributed by atoms with Gasteiger partial charge in [0.05, 0.1) is 5.56 Å². The molecule has 0 bridgehead atoms. The molecule has 0 aliphatic carbocycles. The zero-order chi connectivity index (χ0) is 14.9. The number of hydrogen-bond donors (Lipinski definition) is 1. The number of hydrogen-bond acceptors (Lipinski definition) is 4. The van der Waals surface area contributed by atoms with Crippen molar-refractivity contribution in [3.05, 3.63) is 17.7 Å². The van der Waals surface area contributed by atoms with E-state index < -0.39 is 11.7 Å². The number of pyridine rings is 1. The van der Waals surface area contributed by atoms with Crippen LogP contribution in [0.4, 0.5) is 24.8 Å². The van der Waals surface area contributed by atoms with Crippen molar-refractivity contribution >= 4 is 11.6 Å². The molecule has 0 spiro atoms. The smallest absolute Gasteiger partial charge is 0.384 e. The van der Waals surface area contributed by atoms with Crippen molar-refractivity contribution in [2.75, 3.05) is 37.8 Å². The molecule has 1 aromatic heterocycles. The Labute approximate surface area is 116 Å². The molecule has 1 atom stereocenters. The summed E-state index contributed by atoms with van der Waals surface area (Å²) in [6.45, 7) is 1.37. The second-order valence-electron chi connectivity index (χ2n) is 5.34. The first-order valence-corrected chi connectivity index (χ1v) is 6.53. The highest BCUT2D eigenvalue weighted by Crippen LogP contribution is 2.33. The summed E-state index contributed by atoms with van der Waals surface area (Å²) >= 11 is 0. The monoisotopic (exact) mass is 288 g/mol. The molecule has 1 fully saturated rings. The fourth-order valence-electron chi connectivity index (χ4n) is 2.45. The minimum absolute atomic E-state index is 0.0956. The largest absolute Gasteiger partial charge is 0.416 e. The van der Waals surface area contributed by atoms with E-state index in [1.165, 1.54) is 0 Å². The third-order valence-electron chi connectivity index (χ3n) is 3.61. The molecule has 1 aliphatic rings. The number of piperidine rings is 1. The quantitative estimate of drug-likeness (QED) is 0.906. The van der Waals surface area contributed by atoms with Crippen molar-refractivity contribution in [3.63, 3.8) is 0 Å². The van der Waals surface area contributed by atoms with Gasteiger partial charge in [-0.1, -0.05) is 0 Å². The third-order valence-corrected chi connectivity index (χ3v) is 3.61. The minimum atomic E-state index is -4.40. The Balaban J connectivity index is 2.26. The first kappa shape index (κ1) is 14.9. The number of likely N-dealkylation sites (N-methyl/N-ethyl adjacent to an activating group) is 1. The Hall–Kier alpha value is -1.50. The summed E-state index contributed by atoms with van der Waals surface area (Å²) in [4.78, 5) is 8.01. The molecule has 4 nitrogen and oxygen atoms in total. The Bertz CT molecular complexity index is 473. The van der Waals surface area contributed by atoms with Gasteiger partial charge in [-0.05, 0) is 39.1 Å². The topological polar surface area (TPSA) is 45.4 Å². The molecule has 1 unspecified atom stereocenters. The van der Waals surface area contributed by atoms with Gasteiger partial charge in [0.1, 0.15) is 11.6 Å². The van der Waals surface area contributed by atoms with E-state index in [1.54, 1.807) is 0 Å². The normalized spacial score (nSPS) is 20.5. The Morgan fingerprint density at radius 2 is 2.05 bits per heavy atom. The van der Waals surface area contributed by atoms with Gasteiger partial charge in [0, 0.05) is 19.1 Å². The minimum Gasteiger partial charge on any atom is -0.384 e. The van der Waals surface area contributed by atoms with Gasteiger partial charge in [0.2, 0.25) is 0 Å². The van der Waals surface area contributed by atoms with Gasteiger partial charge in [-0.25, -0.2) is 4.98 Å². The molecule has 2 N–H and O–H groups in total. The van der Waals surface area contributed by atoms with Gasteiger partial charge in [0.25, 0.3) is 0 Å². The van der Waals surface area contributed by atoms with E-state index in [4.69, 9.17) is 5.73 Å². The van der Waals surface area contributed by atoms with Crippen molar-refractivity contribution in [1.82, 2.24) is 9.88 Å². The average molecular weight is 288 g/mol. The summed E-state index contributed by atoms with van der Waals surface area (Å²) in [6, 6.07) is 2.27. The fraction of sp³-hybridized carbons (Fsp3) is 0.615. The standard InChI is InChI=1S/C13H19F3N4/c1-19(2)10-4-3-5-20(8-10)12-7-9(13(14,15)16)6-11(17)18-12/h6-7,10H,3-5,8H2,1-2H3,(H2,17,18). The van der Waals surface area contributed by atoms with Crippen LogP contribution >= 0.6 is 0 Å². The van der Waals surface area contributed by atoms with Crippen LogP contribution in [0.1, 0.15) is 18.4 Å². The maximum absolute atomic E-state index is 12.8. The van der Waals surface area contributed by atoms with Gasteiger partial charge >= 0.3 is 6.18 Å². The lowest BCUT2D eigenvalue weighted by atomic mass is 10.0. The van der Waals surface area contributed by atoms with E-state index in [-0.39, 0.29) is 5.82 Å². The summed E-state index contributed by atoms with van der Waals surface area (Å²) in [5.41, 5.74) is 4.77. The van der Waals surface area contributed by atoms with Crippen LogP contribution in [0.25, 0.3) is 0 Å². The van der Waals surface area contributed by atoms with E-state index in [9.17, 15) is 13.2 Å². The molecular formula is C13H19F3N4. The maximum atomic E-state index is 12.8. The van der Waals surface area contributed by atoms with Crippen molar-refractivity contribution in [2.24, 2.45) is 0 Å². The van der Waals surface area contributed by atoms with Crippen molar-refractivity contribution in [2.45, 2.75) is 25.1 Å². The molecule has 7 heteroatoms. The van der Waals surface area contributed by atoms with Crippen molar-refractivity contribution in [1.29, 1.82) is 0 Å². The van der Waals surface area contributed by atoms with Gasteiger partial charge in [-0.3, -0.25) is 0 Å². The second kappa shape index (κ2) is 5.47. The van der Waals surface area contributed by atoms with Crippen molar-refractivity contribution in [3.8, 4) is 0 Å². The summed E-state index contributed by atoms with van der Waals surface area (Å²) < 4.78 is 38.4. The highest BCUT2D eigenvalue weighted by atomic mass is 19.4. The predicted octanol–water partition coefficient (Wildman–Crippen LogP) is 2.21. The first-order chi connectivity index (χ1) is 9.27. The molecule has 112 valence electrons. The Morgan fingerprint density at radius 1 is 1.35 bits per heavy atom. The van der Waals surface area contributed by atoms with E-state index in [2.05, 4.69) is 9.88 Å². The van der Waals surface area contributed by atoms with Crippen LogP contribution in [0, 0.1) is 0 Å². The van der Waals surface area contributed by atoms with Crippen LogP contribution < -0.4 is 10.6 Å². The maximum Gasteiger partial charge on any atom is 0.416 e. The lowest BCUT2D eigenvalue weighted by molar-refractivity contribution is -0.137. The zero-order valence-electron chi connectivity index (χ0n) is 11.6. The number of nitrogens with two attached hydrogens (primary N) is 1. The van der Waals surface area contributed by atoms with Crippen LogP contribution in [0.2, 0.25) is 0 Å². The molecule has 1 saturated heterocycles. The number of anilines is 2. The number of nitrogens with zero attached hydrogens (tertiary/aromatic N) is 3. The zero-order valence-corrected chi connectivity index (χ0v) is 11.6. The molecule has 2 rings (SSSR count). The number of aromatic nitrogens is 1. The lowest BCUT2D eigenvalue weighted by Gasteiger charge is -2.37. The molecule has 0 aromatic carbocycles. The van der Waals surface area contributed by atoms with Crippen molar-refractivity contribution < 1.29 is 13.2 Å². The Kier molecular flexibility index (Phi) is 4.08. The van der Waals surface area contributed by atoms with Crippen LogP contribution in [-0.4, -0.2) is 43.1 Å². The van der Waals surface area contributed by atoms with E-state index >= 15 is 0 Å².